The second-order valence-electron chi connectivity index (χ2n) is 6.20. The first kappa shape index (κ1) is 13.8. The summed E-state index contributed by atoms with van der Waals surface area (Å²) in [5.41, 5.74) is 0.0577. The number of rotatable bonds is 7. The lowest BCUT2D eigenvalue weighted by molar-refractivity contribution is -0.136. The summed E-state index contributed by atoms with van der Waals surface area (Å²) >= 11 is 0. The predicted octanol–water partition coefficient (Wildman–Crippen LogP) is 1.31. The van der Waals surface area contributed by atoms with Gasteiger partial charge in [0.05, 0.1) is 12.6 Å². The van der Waals surface area contributed by atoms with Gasteiger partial charge in [-0.3, -0.25) is 4.79 Å². The second-order valence-corrected chi connectivity index (χ2v) is 6.20. The van der Waals surface area contributed by atoms with Gasteiger partial charge in [0.15, 0.2) is 0 Å². The number of hydrogen-bond donors (Lipinski definition) is 2. The van der Waals surface area contributed by atoms with E-state index in [2.05, 4.69) is 24.5 Å². The van der Waals surface area contributed by atoms with E-state index in [1.165, 1.54) is 12.8 Å². The Morgan fingerprint density at radius 1 is 1.39 bits per heavy atom. The fourth-order valence-electron chi connectivity index (χ4n) is 2.57. The Kier molecular flexibility index (Phi) is 4.28. The van der Waals surface area contributed by atoms with Crippen molar-refractivity contribution in [2.45, 2.75) is 52.2 Å². The maximum absolute atomic E-state index is 11.8. The Bertz CT molecular complexity index is 300. The molecule has 18 heavy (non-hydrogen) atoms. The van der Waals surface area contributed by atoms with Gasteiger partial charge < -0.3 is 15.4 Å². The van der Waals surface area contributed by atoms with Gasteiger partial charge in [-0.2, -0.15) is 0 Å². The van der Waals surface area contributed by atoms with E-state index >= 15 is 0 Å². The highest BCUT2D eigenvalue weighted by Gasteiger charge is 2.49. The van der Waals surface area contributed by atoms with E-state index in [9.17, 15) is 4.79 Å². The van der Waals surface area contributed by atoms with Crippen LogP contribution < -0.4 is 10.6 Å². The number of ether oxygens (including phenoxy) is 1. The molecule has 4 nitrogen and oxygen atoms in total. The van der Waals surface area contributed by atoms with Crippen LogP contribution in [0.5, 0.6) is 0 Å². The Labute approximate surface area is 110 Å². The van der Waals surface area contributed by atoms with Gasteiger partial charge in [-0.05, 0) is 38.6 Å². The molecular formula is C14H26N2O2. The molecule has 0 aliphatic heterocycles. The fourth-order valence-corrected chi connectivity index (χ4v) is 2.57. The average Bonchev–Trinajstić information content (AvgIpc) is 3.12. The van der Waals surface area contributed by atoms with Crippen molar-refractivity contribution >= 4 is 5.91 Å². The maximum Gasteiger partial charge on any atom is 0.234 e. The Morgan fingerprint density at radius 2 is 2.11 bits per heavy atom. The van der Waals surface area contributed by atoms with Gasteiger partial charge in [-0.15, -0.1) is 0 Å². The molecular weight excluding hydrogens is 228 g/mol. The predicted molar refractivity (Wildman–Crippen MR) is 71.3 cm³/mol. The molecule has 2 fully saturated rings. The molecule has 0 aromatic carbocycles. The zero-order valence-electron chi connectivity index (χ0n) is 11.8. The van der Waals surface area contributed by atoms with Crippen LogP contribution in [0, 0.1) is 11.3 Å². The Morgan fingerprint density at radius 3 is 2.67 bits per heavy atom. The highest BCUT2D eigenvalue weighted by Crippen LogP contribution is 2.42. The zero-order chi connectivity index (χ0) is 13.2. The minimum absolute atomic E-state index is 0.0577. The lowest BCUT2D eigenvalue weighted by atomic mass is 9.64. The van der Waals surface area contributed by atoms with E-state index in [0.717, 1.165) is 25.5 Å². The molecule has 2 N–H and O–H groups in total. The van der Waals surface area contributed by atoms with Gasteiger partial charge >= 0.3 is 0 Å². The van der Waals surface area contributed by atoms with E-state index in [1.54, 1.807) is 0 Å². The summed E-state index contributed by atoms with van der Waals surface area (Å²) in [6.07, 6.45) is 3.86. The van der Waals surface area contributed by atoms with Gasteiger partial charge in [0.1, 0.15) is 0 Å². The minimum atomic E-state index is 0.0577. The smallest absolute Gasteiger partial charge is 0.234 e. The normalized spacial score (nSPS) is 29.7. The first-order valence-electron chi connectivity index (χ1n) is 7.15. The molecule has 0 radical (unpaired) electrons. The van der Waals surface area contributed by atoms with Crippen LogP contribution in [0.2, 0.25) is 0 Å². The summed E-state index contributed by atoms with van der Waals surface area (Å²) in [4.78, 5) is 11.8. The SMILES string of the molecule is CCOC1CC(NC(=O)CNCC2CC2)C1(C)C. The van der Waals surface area contributed by atoms with Crippen molar-refractivity contribution in [3.05, 3.63) is 0 Å². The molecule has 1 amide bonds. The van der Waals surface area contributed by atoms with Crippen LogP contribution in [0.15, 0.2) is 0 Å². The van der Waals surface area contributed by atoms with Crippen molar-refractivity contribution in [1.82, 2.24) is 10.6 Å². The highest BCUT2D eigenvalue weighted by molar-refractivity contribution is 5.78. The number of amides is 1. The maximum atomic E-state index is 11.8. The minimum Gasteiger partial charge on any atom is -0.378 e. The molecule has 0 spiro atoms. The molecule has 2 saturated carbocycles. The first-order valence-corrected chi connectivity index (χ1v) is 7.15. The molecule has 2 aliphatic carbocycles. The molecule has 2 unspecified atom stereocenters. The van der Waals surface area contributed by atoms with Crippen LogP contribution in [-0.4, -0.2) is 37.7 Å². The van der Waals surface area contributed by atoms with Gasteiger partial charge in [0.2, 0.25) is 5.91 Å². The first-order chi connectivity index (χ1) is 8.54. The molecule has 0 heterocycles. The topological polar surface area (TPSA) is 50.4 Å². The third kappa shape index (κ3) is 3.23. The van der Waals surface area contributed by atoms with E-state index in [1.807, 2.05) is 6.92 Å². The molecule has 0 bridgehead atoms. The van der Waals surface area contributed by atoms with Gasteiger partial charge in [0, 0.05) is 18.1 Å². The summed E-state index contributed by atoms with van der Waals surface area (Å²) in [5, 5.41) is 6.33. The summed E-state index contributed by atoms with van der Waals surface area (Å²) in [6, 6.07) is 0.254. The largest absolute Gasteiger partial charge is 0.378 e. The molecule has 2 aliphatic rings. The van der Waals surface area contributed by atoms with E-state index in [4.69, 9.17) is 4.74 Å². The van der Waals surface area contributed by atoms with Crippen LogP contribution >= 0.6 is 0 Å². The van der Waals surface area contributed by atoms with Crippen molar-refractivity contribution in [3.63, 3.8) is 0 Å². The van der Waals surface area contributed by atoms with Crippen molar-refractivity contribution in [2.24, 2.45) is 11.3 Å². The van der Waals surface area contributed by atoms with Gasteiger partial charge in [-0.1, -0.05) is 13.8 Å². The Balaban J connectivity index is 1.64. The van der Waals surface area contributed by atoms with E-state index < -0.39 is 0 Å². The molecule has 0 aromatic rings. The van der Waals surface area contributed by atoms with Crippen molar-refractivity contribution in [3.8, 4) is 0 Å². The van der Waals surface area contributed by atoms with Crippen LogP contribution in [0.1, 0.15) is 40.0 Å². The van der Waals surface area contributed by atoms with Gasteiger partial charge in [0.25, 0.3) is 0 Å². The zero-order valence-corrected chi connectivity index (χ0v) is 11.8. The van der Waals surface area contributed by atoms with Gasteiger partial charge in [-0.25, -0.2) is 0 Å². The Hall–Kier alpha value is -0.610. The molecule has 2 rings (SSSR count). The number of nitrogens with one attached hydrogen (secondary N) is 2. The summed E-state index contributed by atoms with van der Waals surface area (Å²) in [5.74, 6) is 0.934. The second kappa shape index (κ2) is 5.57. The van der Waals surface area contributed by atoms with Crippen LogP contribution in [0.3, 0.4) is 0 Å². The number of carbonyl (C=O) groups excluding carboxylic acids is 1. The van der Waals surface area contributed by atoms with Crippen molar-refractivity contribution in [2.75, 3.05) is 19.7 Å². The molecule has 4 heteroatoms. The standard InChI is InChI=1S/C14H26N2O2/c1-4-18-12-7-11(14(12,2)3)16-13(17)9-15-8-10-5-6-10/h10-12,15H,4-9H2,1-3H3,(H,16,17). The van der Waals surface area contributed by atoms with E-state index in [0.29, 0.717) is 6.54 Å². The quantitative estimate of drug-likeness (QED) is 0.720. The molecule has 0 saturated heterocycles. The highest BCUT2D eigenvalue weighted by atomic mass is 16.5. The molecule has 2 atom stereocenters. The third-order valence-electron chi connectivity index (χ3n) is 4.30. The monoisotopic (exact) mass is 254 g/mol. The van der Waals surface area contributed by atoms with Crippen molar-refractivity contribution < 1.29 is 9.53 Å². The fraction of sp³-hybridized carbons (Fsp3) is 0.929. The average molecular weight is 254 g/mol. The lowest BCUT2D eigenvalue weighted by Crippen LogP contribution is -2.62. The number of hydrogen-bond acceptors (Lipinski definition) is 3. The lowest BCUT2D eigenvalue weighted by Gasteiger charge is -2.51. The van der Waals surface area contributed by atoms with E-state index in [-0.39, 0.29) is 23.5 Å². The number of carbonyl (C=O) groups is 1. The molecule has 104 valence electrons. The van der Waals surface area contributed by atoms with Crippen LogP contribution in [0.25, 0.3) is 0 Å². The third-order valence-corrected chi connectivity index (χ3v) is 4.30. The summed E-state index contributed by atoms with van der Waals surface area (Å²) in [7, 11) is 0. The summed E-state index contributed by atoms with van der Waals surface area (Å²) < 4.78 is 5.66. The van der Waals surface area contributed by atoms with Crippen LogP contribution in [-0.2, 0) is 9.53 Å². The molecule has 0 aromatic heterocycles. The van der Waals surface area contributed by atoms with Crippen LogP contribution in [0.4, 0.5) is 0 Å². The summed E-state index contributed by atoms with van der Waals surface area (Å²) in [6.45, 7) is 8.53. The van der Waals surface area contributed by atoms with Crippen molar-refractivity contribution in [1.29, 1.82) is 0 Å².